The highest BCUT2D eigenvalue weighted by atomic mass is 35.5. The van der Waals surface area contributed by atoms with Crippen molar-refractivity contribution in [1.29, 1.82) is 0 Å². The van der Waals surface area contributed by atoms with Crippen molar-refractivity contribution in [3.05, 3.63) is 36.0 Å². The maximum Gasteiger partial charge on any atom is 0.419 e. The average Bonchev–Trinajstić information content (AvgIpc) is 3.24. The molecule has 1 aromatic rings. The van der Waals surface area contributed by atoms with Gasteiger partial charge in [-0.1, -0.05) is 17.5 Å². The van der Waals surface area contributed by atoms with Gasteiger partial charge in [0.15, 0.2) is 10.9 Å². The zero-order chi connectivity index (χ0) is 22.8. The summed E-state index contributed by atoms with van der Waals surface area (Å²) in [5.74, 6) is 1.79. The molecule has 31 heavy (non-hydrogen) atoms. The van der Waals surface area contributed by atoms with Crippen molar-refractivity contribution in [3.8, 4) is 18.1 Å². The molecule has 7 nitrogen and oxygen atoms in total. The van der Waals surface area contributed by atoms with Gasteiger partial charge in [-0.15, -0.1) is 6.42 Å². The lowest BCUT2D eigenvalue weighted by molar-refractivity contribution is -0.139. The van der Waals surface area contributed by atoms with Crippen molar-refractivity contribution in [2.75, 3.05) is 24.9 Å². The molecule has 2 aliphatic rings. The molecule has 0 aromatic heterocycles. The Kier molecular flexibility index (Phi) is 6.73. The first-order chi connectivity index (χ1) is 14.5. The van der Waals surface area contributed by atoms with Crippen molar-refractivity contribution in [1.82, 2.24) is 9.80 Å². The molecule has 0 radical (unpaired) electrons. The van der Waals surface area contributed by atoms with Crippen LogP contribution in [0, 0.1) is 12.3 Å². The number of ether oxygens (including phenoxy) is 1. The highest BCUT2D eigenvalue weighted by Gasteiger charge is 2.40. The Morgan fingerprint density at radius 3 is 2.77 bits per heavy atom. The second-order valence-corrected chi connectivity index (χ2v) is 9.33. The van der Waals surface area contributed by atoms with Gasteiger partial charge < -0.3 is 14.5 Å². The number of rotatable bonds is 6. The number of alkyl halides is 4. The molecular weight excluding hydrogens is 457 g/mol. The van der Waals surface area contributed by atoms with E-state index in [-0.39, 0.29) is 5.69 Å². The van der Waals surface area contributed by atoms with Crippen molar-refractivity contribution in [2.45, 2.75) is 29.6 Å². The molecule has 0 amide bonds. The highest BCUT2D eigenvalue weighted by molar-refractivity contribution is 7.93. The molecule has 168 valence electrons. The van der Waals surface area contributed by atoms with Crippen LogP contribution in [0.4, 0.5) is 18.9 Å². The van der Waals surface area contributed by atoms with E-state index in [4.69, 9.17) is 22.8 Å². The Labute approximate surface area is 183 Å². The zero-order valence-corrected chi connectivity index (χ0v) is 18.0. The fourth-order valence-electron chi connectivity index (χ4n) is 3.30. The Morgan fingerprint density at radius 1 is 1.42 bits per heavy atom. The fourth-order valence-corrected chi connectivity index (χ4v) is 5.27. The molecular formula is C19H20ClF3N4O3S. The summed E-state index contributed by atoms with van der Waals surface area (Å²) < 4.78 is 74.0. The largest absolute Gasteiger partial charge is 0.488 e. The van der Waals surface area contributed by atoms with Crippen LogP contribution >= 0.6 is 11.6 Å². The summed E-state index contributed by atoms with van der Waals surface area (Å²) in [6.45, 7) is 1.16. The molecule has 2 heterocycles. The van der Waals surface area contributed by atoms with Gasteiger partial charge in [0.1, 0.15) is 11.9 Å². The van der Waals surface area contributed by atoms with E-state index in [0.717, 1.165) is 18.2 Å². The maximum absolute atomic E-state index is 13.4. The molecule has 3 rings (SSSR count). The molecule has 3 atom stereocenters. The van der Waals surface area contributed by atoms with Crippen LogP contribution in [-0.4, -0.2) is 61.7 Å². The molecule has 0 bridgehead atoms. The molecule has 1 saturated heterocycles. The SMILES string of the molecule is C#C/C=C\N1C=NC(Cl)C1S(=O)(=O)Nc1ccc(C(F)(F)F)c(O[C@H]2CCN(C)C2)c1. The van der Waals surface area contributed by atoms with Gasteiger partial charge in [-0.2, -0.15) is 13.2 Å². The van der Waals surface area contributed by atoms with Gasteiger partial charge in [0, 0.05) is 31.4 Å². The number of anilines is 1. The highest BCUT2D eigenvalue weighted by Crippen LogP contribution is 2.39. The quantitative estimate of drug-likeness (QED) is 0.388. The summed E-state index contributed by atoms with van der Waals surface area (Å²) in [5.41, 5.74) is -2.21. The molecule has 2 unspecified atom stereocenters. The minimum atomic E-state index is -4.66. The third kappa shape index (κ3) is 5.44. The van der Waals surface area contributed by atoms with Gasteiger partial charge in [-0.3, -0.25) is 9.71 Å². The van der Waals surface area contributed by atoms with Crippen LogP contribution in [-0.2, 0) is 16.2 Å². The van der Waals surface area contributed by atoms with Crippen LogP contribution in [0.1, 0.15) is 12.0 Å². The molecule has 1 fully saturated rings. The number of likely N-dealkylation sites (tertiary alicyclic amines) is 1. The summed E-state index contributed by atoms with van der Waals surface area (Å²) in [6.07, 6.45) is 4.42. The van der Waals surface area contributed by atoms with Crippen LogP contribution in [0.25, 0.3) is 0 Å². The first kappa shape index (κ1) is 23.2. The molecule has 1 aromatic carbocycles. The van der Waals surface area contributed by atoms with Crippen LogP contribution < -0.4 is 9.46 Å². The van der Waals surface area contributed by atoms with E-state index in [1.807, 2.05) is 11.9 Å². The summed E-state index contributed by atoms with van der Waals surface area (Å²) in [7, 11) is -2.35. The normalized spacial score (nSPS) is 24.6. The number of sulfonamides is 1. The number of allylic oxidation sites excluding steroid dienone is 1. The van der Waals surface area contributed by atoms with Crippen molar-refractivity contribution < 1.29 is 26.3 Å². The second kappa shape index (κ2) is 8.98. The van der Waals surface area contributed by atoms with E-state index < -0.39 is 44.5 Å². The monoisotopic (exact) mass is 476 g/mol. The number of halogens is 4. The number of terminal acetylenes is 1. The second-order valence-electron chi connectivity index (χ2n) is 7.10. The number of benzene rings is 1. The Hall–Kier alpha value is -2.42. The third-order valence-electron chi connectivity index (χ3n) is 4.72. The molecule has 2 aliphatic heterocycles. The number of hydrogen-bond donors (Lipinski definition) is 1. The minimum Gasteiger partial charge on any atom is -0.488 e. The Balaban J connectivity index is 1.87. The number of hydrogen-bond acceptors (Lipinski definition) is 6. The predicted molar refractivity (Wildman–Crippen MR) is 112 cm³/mol. The molecule has 12 heteroatoms. The van der Waals surface area contributed by atoms with Crippen LogP contribution in [0.3, 0.4) is 0 Å². The third-order valence-corrected chi connectivity index (χ3v) is 6.88. The van der Waals surface area contributed by atoms with Crippen molar-refractivity contribution in [3.63, 3.8) is 0 Å². The van der Waals surface area contributed by atoms with Gasteiger partial charge in [0.25, 0.3) is 10.0 Å². The van der Waals surface area contributed by atoms with E-state index in [0.29, 0.717) is 19.5 Å². The van der Waals surface area contributed by atoms with Gasteiger partial charge >= 0.3 is 6.18 Å². The van der Waals surface area contributed by atoms with Gasteiger partial charge in [-0.05, 0) is 25.6 Å². The average molecular weight is 477 g/mol. The van der Waals surface area contributed by atoms with Gasteiger partial charge in [-0.25, -0.2) is 8.42 Å². The van der Waals surface area contributed by atoms with Gasteiger partial charge in [0.2, 0.25) is 0 Å². The topological polar surface area (TPSA) is 74.2 Å². The smallest absolute Gasteiger partial charge is 0.419 e. The number of nitrogens with one attached hydrogen (secondary N) is 1. The maximum atomic E-state index is 13.4. The van der Waals surface area contributed by atoms with Crippen molar-refractivity contribution >= 4 is 33.7 Å². The molecule has 1 N–H and O–H groups in total. The van der Waals surface area contributed by atoms with Crippen LogP contribution in [0.5, 0.6) is 5.75 Å². The van der Waals surface area contributed by atoms with E-state index in [9.17, 15) is 21.6 Å². The number of likely N-dealkylation sites (N-methyl/N-ethyl adjacent to an activating group) is 1. The van der Waals surface area contributed by atoms with E-state index in [1.54, 1.807) is 0 Å². The number of nitrogens with zero attached hydrogens (tertiary/aromatic N) is 3. The number of aliphatic imine (C=N–C) groups is 1. The lowest BCUT2D eigenvalue weighted by Crippen LogP contribution is -2.41. The Bertz CT molecular complexity index is 1020. The van der Waals surface area contributed by atoms with Crippen LogP contribution in [0.2, 0.25) is 0 Å². The molecule has 0 saturated carbocycles. The fraction of sp³-hybridized carbons (Fsp3) is 0.421. The predicted octanol–water partition coefficient (Wildman–Crippen LogP) is 2.91. The molecule has 0 aliphatic carbocycles. The van der Waals surface area contributed by atoms with Crippen molar-refractivity contribution in [2.24, 2.45) is 4.99 Å². The first-order valence-corrected chi connectivity index (χ1v) is 11.2. The first-order valence-electron chi connectivity index (χ1n) is 9.17. The van der Waals surface area contributed by atoms with E-state index in [1.165, 1.54) is 23.5 Å². The minimum absolute atomic E-state index is 0.0917. The summed E-state index contributed by atoms with van der Waals surface area (Å²) in [4.78, 5) is 6.99. The molecule has 0 spiro atoms. The van der Waals surface area contributed by atoms with Crippen LogP contribution in [0.15, 0.2) is 35.5 Å². The van der Waals surface area contributed by atoms with E-state index in [2.05, 4.69) is 15.6 Å². The summed E-state index contributed by atoms with van der Waals surface area (Å²) in [5, 5.41) is -1.34. The lowest BCUT2D eigenvalue weighted by Gasteiger charge is -2.24. The lowest BCUT2D eigenvalue weighted by atomic mass is 10.1. The standard InChI is InChI=1S/C19H20ClF3N4O3S/c1-3-4-8-27-12-24-17(20)18(27)31(28,29)25-13-5-6-15(19(21,22)23)16(10-13)30-14-7-9-26(2)11-14/h1,4-6,8,10,12,14,17-18,25H,7,9,11H2,2H3/b8-4-/t14-,17?,18?/m0/s1. The summed E-state index contributed by atoms with van der Waals surface area (Å²) in [6, 6.07) is 2.83. The van der Waals surface area contributed by atoms with Gasteiger partial charge in [0.05, 0.1) is 17.6 Å². The van der Waals surface area contributed by atoms with E-state index >= 15 is 0 Å². The zero-order valence-electron chi connectivity index (χ0n) is 16.4. The summed E-state index contributed by atoms with van der Waals surface area (Å²) >= 11 is 6.02. The Morgan fingerprint density at radius 2 is 2.16 bits per heavy atom.